The van der Waals surface area contributed by atoms with Gasteiger partial charge in [-0.3, -0.25) is 0 Å². The first-order valence-corrected chi connectivity index (χ1v) is 9.14. The molecule has 0 aliphatic heterocycles. The summed E-state index contributed by atoms with van der Waals surface area (Å²) in [5.41, 5.74) is 10.3. The van der Waals surface area contributed by atoms with Crippen molar-refractivity contribution >= 4 is 21.7 Å². The van der Waals surface area contributed by atoms with Crippen LogP contribution in [0, 0.1) is 48.5 Å². The van der Waals surface area contributed by atoms with Crippen LogP contribution in [0.25, 0.3) is 21.7 Å². The third kappa shape index (κ3) is 2.46. The van der Waals surface area contributed by atoms with Crippen LogP contribution < -0.4 is 0 Å². The van der Waals surface area contributed by atoms with Gasteiger partial charge in [0.05, 0.1) is 5.52 Å². The summed E-state index contributed by atoms with van der Waals surface area (Å²) in [4.78, 5) is 9.93. The second-order valence-electron chi connectivity index (χ2n) is 8.61. The Kier molecular flexibility index (Phi) is 3.94. The van der Waals surface area contributed by atoms with E-state index in [4.69, 9.17) is 9.97 Å². The van der Waals surface area contributed by atoms with Crippen molar-refractivity contribution in [1.29, 1.82) is 0 Å². The predicted octanol–water partition coefficient (Wildman–Crippen LogP) is 6.24. The molecule has 0 saturated heterocycles. The highest BCUT2D eigenvalue weighted by molar-refractivity contribution is 6.13. The monoisotopic (exact) mass is 334 g/mol. The summed E-state index contributed by atoms with van der Waals surface area (Å²) >= 11 is 0. The van der Waals surface area contributed by atoms with Gasteiger partial charge in [0.2, 0.25) is 0 Å². The zero-order valence-electron chi connectivity index (χ0n) is 17.4. The molecule has 0 saturated carbocycles. The van der Waals surface area contributed by atoms with Crippen molar-refractivity contribution in [3.63, 3.8) is 0 Å². The van der Waals surface area contributed by atoms with E-state index >= 15 is 0 Å². The molecular weight excluding hydrogens is 304 g/mol. The molecule has 0 spiro atoms. The molecule has 0 N–H and O–H groups in total. The Morgan fingerprint density at radius 2 is 1.00 bits per heavy atom. The number of aryl methyl sites for hydroxylation is 5. The fourth-order valence-electron chi connectivity index (χ4n) is 3.94. The van der Waals surface area contributed by atoms with E-state index in [9.17, 15) is 0 Å². The lowest BCUT2D eigenvalue weighted by Crippen LogP contribution is -2.17. The Morgan fingerprint density at radius 1 is 0.520 bits per heavy atom. The maximum atomic E-state index is 5.03. The number of aromatic nitrogens is 2. The van der Waals surface area contributed by atoms with E-state index in [1.165, 1.54) is 49.5 Å². The van der Waals surface area contributed by atoms with Crippen molar-refractivity contribution in [2.45, 2.75) is 74.7 Å². The van der Waals surface area contributed by atoms with E-state index in [0.717, 1.165) is 17.0 Å². The van der Waals surface area contributed by atoms with Crippen LogP contribution in [-0.2, 0) is 5.41 Å². The molecule has 0 atom stereocenters. The normalized spacial score (nSPS) is 12.4. The molecule has 2 heteroatoms. The predicted molar refractivity (Wildman–Crippen MR) is 109 cm³/mol. The molecule has 0 aliphatic rings. The maximum absolute atomic E-state index is 5.03. The molecule has 25 heavy (non-hydrogen) atoms. The number of hydrogen-bond acceptors (Lipinski definition) is 2. The molecule has 0 radical (unpaired) electrons. The summed E-state index contributed by atoms with van der Waals surface area (Å²) in [6.45, 7) is 22.1. The molecule has 1 heterocycles. The lowest BCUT2D eigenvalue weighted by atomic mass is 9.85. The van der Waals surface area contributed by atoms with E-state index in [-0.39, 0.29) is 5.41 Å². The van der Waals surface area contributed by atoms with Crippen LogP contribution in [0.1, 0.15) is 65.7 Å². The number of rotatable bonds is 0. The standard InChI is InChI=1S/C23H30N2/c1-11-12(2)14(4)19-18(13(11)3)15(5)16(6)21-20(19)17(7)24-22(25-21)23(8,9)10/h1-10H3. The van der Waals surface area contributed by atoms with Crippen molar-refractivity contribution in [3.8, 4) is 0 Å². The first-order chi connectivity index (χ1) is 11.5. The number of benzene rings is 2. The number of hydrogen-bond donors (Lipinski definition) is 0. The molecule has 0 amide bonds. The molecule has 0 fully saturated rings. The second kappa shape index (κ2) is 5.52. The molecule has 0 unspecified atom stereocenters. The molecule has 0 aliphatic carbocycles. The fraction of sp³-hybridized carbons (Fsp3) is 0.478. The third-order valence-electron chi connectivity index (χ3n) is 5.99. The van der Waals surface area contributed by atoms with Gasteiger partial charge in [-0.2, -0.15) is 0 Å². The molecule has 3 aromatic rings. The topological polar surface area (TPSA) is 25.8 Å². The Balaban J connectivity index is 2.69. The zero-order chi connectivity index (χ0) is 18.8. The van der Waals surface area contributed by atoms with Gasteiger partial charge in [0.15, 0.2) is 0 Å². The number of fused-ring (bicyclic) bond motifs is 3. The van der Waals surface area contributed by atoms with Gasteiger partial charge in [0.1, 0.15) is 5.82 Å². The number of nitrogens with zero attached hydrogens (tertiary/aromatic N) is 2. The minimum absolute atomic E-state index is 0.0532. The SMILES string of the molecule is Cc1c(C)c(C)c2c(c1C)c(C)c(C)c1nc(C(C)(C)C)nc(C)c12. The van der Waals surface area contributed by atoms with Crippen LogP contribution in [0.5, 0.6) is 0 Å². The second-order valence-corrected chi connectivity index (χ2v) is 8.61. The molecular formula is C23H30N2. The van der Waals surface area contributed by atoms with Crippen molar-refractivity contribution < 1.29 is 0 Å². The highest BCUT2D eigenvalue weighted by atomic mass is 14.9. The van der Waals surface area contributed by atoms with Crippen molar-refractivity contribution in [1.82, 2.24) is 9.97 Å². The minimum Gasteiger partial charge on any atom is -0.237 e. The Hall–Kier alpha value is -1.96. The molecule has 3 rings (SSSR count). The highest BCUT2D eigenvalue weighted by Gasteiger charge is 2.23. The largest absolute Gasteiger partial charge is 0.237 e. The Labute approximate surface area is 151 Å². The fourth-order valence-corrected chi connectivity index (χ4v) is 3.94. The minimum atomic E-state index is -0.0532. The van der Waals surface area contributed by atoms with Crippen LogP contribution >= 0.6 is 0 Å². The quantitative estimate of drug-likeness (QED) is 0.455. The Morgan fingerprint density at radius 3 is 1.52 bits per heavy atom. The van der Waals surface area contributed by atoms with E-state index in [2.05, 4.69) is 69.2 Å². The summed E-state index contributed by atoms with van der Waals surface area (Å²) in [6, 6.07) is 0. The average Bonchev–Trinajstić information content (AvgIpc) is 2.53. The van der Waals surface area contributed by atoms with Gasteiger partial charge in [0.25, 0.3) is 0 Å². The summed E-state index contributed by atoms with van der Waals surface area (Å²) < 4.78 is 0. The van der Waals surface area contributed by atoms with Crippen LogP contribution in [0.2, 0.25) is 0 Å². The lowest BCUT2D eigenvalue weighted by molar-refractivity contribution is 0.546. The van der Waals surface area contributed by atoms with E-state index in [0.29, 0.717) is 0 Å². The summed E-state index contributed by atoms with van der Waals surface area (Å²) in [7, 11) is 0. The van der Waals surface area contributed by atoms with Crippen LogP contribution in [-0.4, -0.2) is 9.97 Å². The average molecular weight is 335 g/mol. The first-order valence-electron chi connectivity index (χ1n) is 9.14. The van der Waals surface area contributed by atoms with Gasteiger partial charge in [-0.25, -0.2) is 9.97 Å². The Bertz CT molecular complexity index is 1030. The summed E-state index contributed by atoms with van der Waals surface area (Å²) in [5.74, 6) is 0.928. The van der Waals surface area contributed by atoms with Crippen LogP contribution in [0.3, 0.4) is 0 Å². The molecule has 1 aromatic heterocycles. The van der Waals surface area contributed by atoms with Crippen molar-refractivity contribution in [3.05, 3.63) is 44.9 Å². The van der Waals surface area contributed by atoms with Gasteiger partial charge in [-0.05, 0) is 92.6 Å². The van der Waals surface area contributed by atoms with Gasteiger partial charge in [0, 0.05) is 16.5 Å². The van der Waals surface area contributed by atoms with E-state index in [1.54, 1.807) is 0 Å². The van der Waals surface area contributed by atoms with Gasteiger partial charge in [-0.15, -0.1) is 0 Å². The van der Waals surface area contributed by atoms with Crippen molar-refractivity contribution in [2.75, 3.05) is 0 Å². The maximum Gasteiger partial charge on any atom is 0.134 e. The third-order valence-corrected chi connectivity index (χ3v) is 5.99. The van der Waals surface area contributed by atoms with Gasteiger partial charge in [-0.1, -0.05) is 20.8 Å². The van der Waals surface area contributed by atoms with Crippen LogP contribution in [0.15, 0.2) is 0 Å². The lowest BCUT2D eigenvalue weighted by Gasteiger charge is -2.23. The summed E-state index contributed by atoms with van der Waals surface area (Å²) in [6.07, 6.45) is 0. The molecule has 2 aromatic carbocycles. The first kappa shape index (κ1) is 17.8. The van der Waals surface area contributed by atoms with E-state index in [1.807, 2.05) is 0 Å². The molecule has 0 bridgehead atoms. The zero-order valence-corrected chi connectivity index (χ0v) is 17.4. The van der Waals surface area contributed by atoms with Gasteiger partial charge >= 0.3 is 0 Å². The van der Waals surface area contributed by atoms with Gasteiger partial charge < -0.3 is 0 Å². The molecule has 2 nitrogen and oxygen atoms in total. The highest BCUT2D eigenvalue weighted by Crippen LogP contribution is 2.39. The van der Waals surface area contributed by atoms with E-state index < -0.39 is 0 Å². The van der Waals surface area contributed by atoms with Crippen molar-refractivity contribution in [2.24, 2.45) is 0 Å². The summed E-state index contributed by atoms with van der Waals surface area (Å²) in [5, 5.41) is 3.97. The smallest absolute Gasteiger partial charge is 0.134 e. The molecule has 132 valence electrons. The van der Waals surface area contributed by atoms with Crippen LogP contribution in [0.4, 0.5) is 0 Å².